The van der Waals surface area contributed by atoms with E-state index in [2.05, 4.69) is 38.2 Å². The molecule has 1 atom stereocenters. The SMILES string of the molecule is CC1=C(/C=C/C(C)=C/C=C/C(C)=C/C(=O)N[C@@H](CS(=O)(=O)O)C(=O)OC(C)C)C(C)(C)CCC1. The van der Waals surface area contributed by atoms with Gasteiger partial charge >= 0.3 is 5.97 Å². The highest BCUT2D eigenvalue weighted by atomic mass is 32.2. The maximum absolute atomic E-state index is 12.3. The van der Waals surface area contributed by atoms with Crippen molar-refractivity contribution in [3.05, 3.63) is 58.7 Å². The number of hydrogen-bond acceptors (Lipinski definition) is 5. The first-order valence-electron chi connectivity index (χ1n) is 11.5. The van der Waals surface area contributed by atoms with Crippen LogP contribution in [0.25, 0.3) is 0 Å². The molecule has 7 nitrogen and oxygen atoms in total. The van der Waals surface area contributed by atoms with Gasteiger partial charge in [-0.05, 0) is 70.4 Å². The minimum Gasteiger partial charge on any atom is -0.461 e. The molecule has 8 heteroatoms. The Morgan fingerprint density at radius 2 is 1.82 bits per heavy atom. The highest BCUT2D eigenvalue weighted by molar-refractivity contribution is 7.85. The summed E-state index contributed by atoms with van der Waals surface area (Å²) >= 11 is 0. The van der Waals surface area contributed by atoms with Gasteiger partial charge in [0.05, 0.1) is 6.10 Å². The Kier molecular flexibility index (Phi) is 11.2. The summed E-state index contributed by atoms with van der Waals surface area (Å²) in [7, 11) is -4.49. The topological polar surface area (TPSA) is 110 Å². The van der Waals surface area contributed by atoms with Crippen molar-refractivity contribution in [2.75, 3.05) is 5.75 Å². The van der Waals surface area contributed by atoms with Crippen molar-refractivity contribution in [2.24, 2.45) is 5.41 Å². The molecule has 0 aliphatic heterocycles. The van der Waals surface area contributed by atoms with Gasteiger partial charge in [-0.15, -0.1) is 0 Å². The van der Waals surface area contributed by atoms with E-state index in [9.17, 15) is 18.0 Å². The number of allylic oxidation sites excluding steroid dienone is 9. The maximum Gasteiger partial charge on any atom is 0.330 e. The molecule has 0 bridgehead atoms. The molecular formula is C26H39NO6S. The Hall–Kier alpha value is -2.45. The predicted molar refractivity (Wildman–Crippen MR) is 136 cm³/mol. The third kappa shape index (κ3) is 11.1. The van der Waals surface area contributed by atoms with Crippen molar-refractivity contribution < 1.29 is 27.3 Å². The van der Waals surface area contributed by atoms with Crippen molar-refractivity contribution in [2.45, 2.75) is 79.9 Å². The Morgan fingerprint density at radius 3 is 2.38 bits per heavy atom. The summed E-state index contributed by atoms with van der Waals surface area (Å²) in [6.45, 7) is 13.6. The van der Waals surface area contributed by atoms with E-state index in [0.29, 0.717) is 5.57 Å². The lowest BCUT2D eigenvalue weighted by molar-refractivity contribution is -0.150. The second-order valence-corrected chi connectivity index (χ2v) is 11.2. The summed E-state index contributed by atoms with van der Waals surface area (Å²) in [5.74, 6) is -2.56. The third-order valence-corrected chi connectivity index (χ3v) is 6.22. The molecule has 1 rings (SSSR count). The van der Waals surface area contributed by atoms with E-state index in [1.54, 1.807) is 26.8 Å². The Bertz CT molecular complexity index is 1010. The Balaban J connectivity index is 2.83. The first-order chi connectivity index (χ1) is 15.6. The molecule has 0 spiro atoms. The molecule has 0 radical (unpaired) electrons. The zero-order valence-electron chi connectivity index (χ0n) is 21.3. The average molecular weight is 494 g/mol. The molecule has 0 saturated carbocycles. The number of carbonyl (C=O) groups excluding carboxylic acids is 2. The Labute approximate surface area is 204 Å². The van der Waals surface area contributed by atoms with Crippen LogP contribution in [-0.2, 0) is 24.4 Å². The number of ether oxygens (including phenoxy) is 1. The minimum atomic E-state index is -4.49. The summed E-state index contributed by atoms with van der Waals surface area (Å²) in [6.07, 6.45) is 14.0. The van der Waals surface area contributed by atoms with Gasteiger partial charge in [-0.25, -0.2) is 4.79 Å². The first kappa shape index (κ1) is 29.6. The van der Waals surface area contributed by atoms with Gasteiger partial charge in [0.25, 0.3) is 10.1 Å². The Morgan fingerprint density at radius 1 is 1.18 bits per heavy atom. The standard InChI is InChI=1S/C26H39NO6S/c1-18(2)33-25(29)23(17-34(30,31)32)27-24(28)16-20(4)11-8-10-19(3)13-14-22-21(5)12-9-15-26(22,6)7/h8,10-11,13-14,16,18,23H,9,12,15,17H2,1-7H3,(H,27,28)(H,30,31,32)/b11-8+,14-13+,19-10+,20-16+/t23-/m0/s1. The van der Waals surface area contributed by atoms with Crippen LogP contribution in [0.15, 0.2) is 58.7 Å². The van der Waals surface area contributed by atoms with E-state index in [4.69, 9.17) is 9.29 Å². The molecule has 190 valence electrons. The fraction of sp³-hybridized carbons (Fsp3) is 0.538. The first-order valence-corrected chi connectivity index (χ1v) is 13.1. The summed E-state index contributed by atoms with van der Waals surface area (Å²) in [5.41, 5.74) is 4.65. The van der Waals surface area contributed by atoms with Gasteiger partial charge in [0.15, 0.2) is 0 Å². The van der Waals surface area contributed by atoms with Crippen LogP contribution < -0.4 is 5.32 Å². The van der Waals surface area contributed by atoms with Gasteiger partial charge in [0.2, 0.25) is 5.91 Å². The highest BCUT2D eigenvalue weighted by Gasteiger charge is 2.28. The number of amides is 1. The number of hydrogen-bond donors (Lipinski definition) is 2. The van der Waals surface area contributed by atoms with E-state index < -0.39 is 39.9 Å². The summed E-state index contributed by atoms with van der Waals surface area (Å²) in [6, 6.07) is -1.51. The summed E-state index contributed by atoms with van der Waals surface area (Å²) in [5, 5.41) is 2.28. The zero-order valence-corrected chi connectivity index (χ0v) is 22.2. The van der Waals surface area contributed by atoms with Crippen LogP contribution in [0.5, 0.6) is 0 Å². The fourth-order valence-corrected chi connectivity index (χ4v) is 4.43. The second kappa shape index (κ2) is 12.9. The van der Waals surface area contributed by atoms with Gasteiger partial charge in [-0.1, -0.05) is 55.4 Å². The molecule has 0 heterocycles. The molecule has 0 aromatic carbocycles. The highest BCUT2D eigenvalue weighted by Crippen LogP contribution is 2.40. The molecule has 1 aliphatic carbocycles. The van der Waals surface area contributed by atoms with Crippen LogP contribution in [-0.4, -0.2) is 42.7 Å². The number of carbonyl (C=O) groups is 2. The number of esters is 1. The van der Waals surface area contributed by atoms with Crippen molar-refractivity contribution in [3.63, 3.8) is 0 Å². The molecule has 0 aromatic rings. The van der Waals surface area contributed by atoms with Gasteiger partial charge in [-0.3, -0.25) is 9.35 Å². The van der Waals surface area contributed by atoms with Crippen molar-refractivity contribution in [1.29, 1.82) is 0 Å². The molecular weight excluding hydrogens is 454 g/mol. The molecule has 0 fully saturated rings. The molecule has 0 unspecified atom stereocenters. The summed E-state index contributed by atoms with van der Waals surface area (Å²) < 4.78 is 36.4. The molecule has 1 amide bonds. The van der Waals surface area contributed by atoms with Crippen LogP contribution in [0.4, 0.5) is 0 Å². The third-order valence-electron chi connectivity index (χ3n) is 5.46. The van der Waals surface area contributed by atoms with Crippen molar-refractivity contribution in [3.8, 4) is 0 Å². The van der Waals surface area contributed by atoms with Gasteiger partial charge in [0.1, 0.15) is 11.8 Å². The quantitative estimate of drug-likeness (QED) is 0.195. The van der Waals surface area contributed by atoms with E-state index in [1.165, 1.54) is 30.1 Å². The van der Waals surface area contributed by atoms with Crippen molar-refractivity contribution >= 4 is 22.0 Å². The molecule has 34 heavy (non-hydrogen) atoms. The molecule has 0 aromatic heterocycles. The normalized spacial score (nSPS) is 18.6. The maximum atomic E-state index is 12.3. The largest absolute Gasteiger partial charge is 0.461 e. The predicted octanol–water partition coefficient (Wildman–Crippen LogP) is 4.84. The van der Waals surface area contributed by atoms with E-state index in [1.807, 2.05) is 19.1 Å². The lowest BCUT2D eigenvalue weighted by Crippen LogP contribution is -2.46. The smallest absolute Gasteiger partial charge is 0.330 e. The van der Waals surface area contributed by atoms with E-state index in [-0.39, 0.29) is 5.41 Å². The number of nitrogens with one attached hydrogen (secondary N) is 1. The van der Waals surface area contributed by atoms with Crippen molar-refractivity contribution in [1.82, 2.24) is 5.32 Å². The lowest BCUT2D eigenvalue weighted by Gasteiger charge is -2.32. The van der Waals surface area contributed by atoms with Gasteiger partial charge in [0, 0.05) is 6.08 Å². The lowest BCUT2D eigenvalue weighted by atomic mass is 9.72. The second-order valence-electron chi connectivity index (χ2n) is 9.72. The molecule has 0 saturated heterocycles. The summed E-state index contributed by atoms with van der Waals surface area (Å²) in [4.78, 5) is 24.3. The van der Waals surface area contributed by atoms with E-state index >= 15 is 0 Å². The fourth-order valence-electron chi connectivity index (χ4n) is 3.79. The monoisotopic (exact) mass is 493 g/mol. The number of rotatable bonds is 10. The molecule has 1 aliphatic rings. The van der Waals surface area contributed by atoms with Crippen LogP contribution in [0, 0.1) is 5.41 Å². The van der Waals surface area contributed by atoms with Crippen LogP contribution in [0.3, 0.4) is 0 Å². The van der Waals surface area contributed by atoms with Crippen LogP contribution in [0.1, 0.15) is 67.7 Å². The van der Waals surface area contributed by atoms with Crippen LogP contribution in [0.2, 0.25) is 0 Å². The van der Waals surface area contributed by atoms with E-state index in [0.717, 1.165) is 12.0 Å². The molecule has 2 N–H and O–H groups in total. The van der Waals surface area contributed by atoms with Gasteiger partial charge in [-0.2, -0.15) is 8.42 Å². The zero-order chi connectivity index (χ0) is 26.1. The minimum absolute atomic E-state index is 0.177. The van der Waals surface area contributed by atoms with Gasteiger partial charge < -0.3 is 10.1 Å². The van der Waals surface area contributed by atoms with Crippen LogP contribution >= 0.6 is 0 Å². The average Bonchev–Trinajstić information content (AvgIpc) is 2.64.